The highest BCUT2D eigenvalue weighted by Crippen LogP contribution is 2.27. The summed E-state index contributed by atoms with van der Waals surface area (Å²) >= 11 is 0. The lowest BCUT2D eigenvalue weighted by atomic mass is 10.1. The molecule has 6 nitrogen and oxygen atoms in total. The number of amides is 1. The predicted octanol–water partition coefficient (Wildman–Crippen LogP) is 1.68. The van der Waals surface area contributed by atoms with Crippen LogP contribution in [-0.4, -0.2) is 78.8 Å². The van der Waals surface area contributed by atoms with Crippen LogP contribution in [0.2, 0.25) is 0 Å². The van der Waals surface area contributed by atoms with Crippen molar-refractivity contribution in [3.8, 4) is 5.75 Å². The molecule has 6 heteroatoms. The molecule has 0 bridgehead atoms. The highest BCUT2D eigenvalue weighted by Gasteiger charge is 2.38. The van der Waals surface area contributed by atoms with Gasteiger partial charge in [0.25, 0.3) is 0 Å². The number of ether oxygens (including phenoxy) is 1. The van der Waals surface area contributed by atoms with Gasteiger partial charge < -0.3 is 19.6 Å². The van der Waals surface area contributed by atoms with E-state index in [4.69, 9.17) is 4.74 Å². The van der Waals surface area contributed by atoms with E-state index in [0.717, 1.165) is 45.0 Å². The van der Waals surface area contributed by atoms with Gasteiger partial charge in [-0.25, -0.2) is 0 Å². The molecule has 1 aromatic carbocycles. The molecule has 1 aliphatic carbocycles. The Kier molecular flexibility index (Phi) is 5.31. The van der Waals surface area contributed by atoms with Crippen molar-refractivity contribution in [3.05, 3.63) is 24.3 Å². The second-order valence-electron chi connectivity index (χ2n) is 7.60. The van der Waals surface area contributed by atoms with Crippen LogP contribution in [0, 0.1) is 0 Å². The van der Waals surface area contributed by atoms with Crippen LogP contribution < -0.4 is 4.90 Å². The Morgan fingerprint density at radius 3 is 2.38 bits per heavy atom. The molecule has 1 saturated carbocycles. The minimum absolute atomic E-state index is 0.105. The standard InChI is InChI=1S/C20H29N3O3/c24-18-7-5-16(6-8-18)21-9-11-22(12-10-21)20(25)19-15-26-14-13-23(19)17-3-1-2-4-17/h5-8,17,19,24H,1-4,9-15H2. The van der Waals surface area contributed by atoms with Crippen LogP contribution in [0.3, 0.4) is 0 Å². The van der Waals surface area contributed by atoms with E-state index in [1.165, 1.54) is 25.7 Å². The molecule has 0 radical (unpaired) electrons. The van der Waals surface area contributed by atoms with Gasteiger partial charge in [-0.3, -0.25) is 9.69 Å². The predicted molar refractivity (Wildman–Crippen MR) is 100 cm³/mol. The van der Waals surface area contributed by atoms with Gasteiger partial charge in [-0.15, -0.1) is 0 Å². The molecule has 26 heavy (non-hydrogen) atoms. The summed E-state index contributed by atoms with van der Waals surface area (Å²) in [5.74, 6) is 0.522. The highest BCUT2D eigenvalue weighted by molar-refractivity contribution is 5.82. The Bertz CT molecular complexity index is 607. The molecular formula is C20H29N3O3. The first-order valence-corrected chi connectivity index (χ1v) is 9.88. The number of carbonyl (C=O) groups is 1. The summed E-state index contributed by atoms with van der Waals surface area (Å²) in [5, 5.41) is 9.44. The number of phenols is 1. The lowest BCUT2D eigenvalue weighted by Crippen LogP contribution is -2.60. The van der Waals surface area contributed by atoms with Crippen molar-refractivity contribution < 1.29 is 14.6 Å². The molecule has 0 spiro atoms. The largest absolute Gasteiger partial charge is 0.508 e. The number of morpholine rings is 1. The van der Waals surface area contributed by atoms with Crippen LogP contribution in [0.25, 0.3) is 0 Å². The van der Waals surface area contributed by atoms with Crippen molar-refractivity contribution in [1.82, 2.24) is 9.80 Å². The number of benzene rings is 1. The van der Waals surface area contributed by atoms with E-state index in [1.807, 2.05) is 17.0 Å². The van der Waals surface area contributed by atoms with Gasteiger partial charge in [0.2, 0.25) is 5.91 Å². The first-order valence-electron chi connectivity index (χ1n) is 9.88. The molecular weight excluding hydrogens is 330 g/mol. The summed E-state index contributed by atoms with van der Waals surface area (Å²) in [5.41, 5.74) is 1.10. The normalized spacial score (nSPS) is 25.6. The molecule has 142 valence electrons. The van der Waals surface area contributed by atoms with Gasteiger partial charge in [0.1, 0.15) is 11.8 Å². The van der Waals surface area contributed by atoms with Crippen LogP contribution in [-0.2, 0) is 9.53 Å². The Balaban J connectivity index is 1.37. The molecule has 3 aliphatic rings. The van der Waals surface area contributed by atoms with E-state index in [2.05, 4.69) is 9.80 Å². The number of rotatable bonds is 3. The molecule has 1 aromatic rings. The maximum atomic E-state index is 13.2. The molecule has 2 aliphatic heterocycles. The number of nitrogens with zero attached hydrogens (tertiary/aromatic N) is 3. The fourth-order valence-corrected chi connectivity index (χ4v) is 4.56. The lowest BCUT2D eigenvalue weighted by Gasteiger charge is -2.43. The first-order chi connectivity index (χ1) is 12.7. The van der Waals surface area contributed by atoms with Crippen molar-refractivity contribution >= 4 is 11.6 Å². The SMILES string of the molecule is O=C(C1COCCN1C1CCCC1)N1CCN(c2ccc(O)cc2)CC1. The van der Waals surface area contributed by atoms with Gasteiger partial charge in [0.15, 0.2) is 0 Å². The van der Waals surface area contributed by atoms with Gasteiger partial charge in [-0.05, 0) is 37.1 Å². The third-order valence-corrected chi connectivity index (χ3v) is 6.05. The molecule has 2 heterocycles. The molecule has 4 rings (SSSR count). The highest BCUT2D eigenvalue weighted by atomic mass is 16.5. The fraction of sp³-hybridized carbons (Fsp3) is 0.650. The number of aromatic hydroxyl groups is 1. The molecule has 1 amide bonds. The van der Waals surface area contributed by atoms with Crippen molar-refractivity contribution in [1.29, 1.82) is 0 Å². The molecule has 1 unspecified atom stereocenters. The van der Waals surface area contributed by atoms with Crippen LogP contribution >= 0.6 is 0 Å². The Morgan fingerprint density at radius 1 is 1.00 bits per heavy atom. The second-order valence-corrected chi connectivity index (χ2v) is 7.60. The number of piperazine rings is 1. The number of hydrogen-bond donors (Lipinski definition) is 1. The monoisotopic (exact) mass is 359 g/mol. The average Bonchev–Trinajstić information content (AvgIpc) is 3.23. The van der Waals surface area contributed by atoms with Crippen molar-refractivity contribution in [2.45, 2.75) is 37.8 Å². The van der Waals surface area contributed by atoms with Crippen LogP contribution in [0.1, 0.15) is 25.7 Å². The van der Waals surface area contributed by atoms with E-state index in [-0.39, 0.29) is 17.7 Å². The molecule has 2 saturated heterocycles. The van der Waals surface area contributed by atoms with Gasteiger partial charge in [0, 0.05) is 44.5 Å². The van der Waals surface area contributed by atoms with Crippen molar-refractivity contribution in [3.63, 3.8) is 0 Å². The maximum Gasteiger partial charge on any atom is 0.242 e. The van der Waals surface area contributed by atoms with Gasteiger partial charge in [-0.1, -0.05) is 12.8 Å². The summed E-state index contributed by atoms with van der Waals surface area (Å²) in [7, 11) is 0. The molecule has 1 atom stereocenters. The summed E-state index contributed by atoms with van der Waals surface area (Å²) in [6.07, 6.45) is 5.01. The first kappa shape index (κ1) is 17.6. The summed E-state index contributed by atoms with van der Waals surface area (Å²) in [4.78, 5) is 19.9. The van der Waals surface area contributed by atoms with Crippen LogP contribution in [0.15, 0.2) is 24.3 Å². The van der Waals surface area contributed by atoms with E-state index in [1.54, 1.807) is 12.1 Å². The lowest BCUT2D eigenvalue weighted by molar-refractivity contribution is -0.145. The third kappa shape index (κ3) is 3.67. The maximum absolute atomic E-state index is 13.2. The number of carbonyl (C=O) groups excluding carboxylic acids is 1. The van der Waals surface area contributed by atoms with Crippen LogP contribution in [0.4, 0.5) is 5.69 Å². The molecule has 0 aromatic heterocycles. The van der Waals surface area contributed by atoms with Gasteiger partial charge in [0.05, 0.1) is 13.2 Å². The number of phenolic OH excluding ortho intramolecular Hbond substituents is 1. The van der Waals surface area contributed by atoms with E-state index in [0.29, 0.717) is 12.6 Å². The minimum atomic E-state index is -0.105. The zero-order valence-corrected chi connectivity index (χ0v) is 15.3. The Hall–Kier alpha value is -1.79. The average molecular weight is 359 g/mol. The van der Waals surface area contributed by atoms with E-state index >= 15 is 0 Å². The quantitative estimate of drug-likeness (QED) is 0.890. The van der Waals surface area contributed by atoms with Gasteiger partial charge >= 0.3 is 0 Å². The second kappa shape index (κ2) is 7.84. The van der Waals surface area contributed by atoms with E-state index < -0.39 is 0 Å². The van der Waals surface area contributed by atoms with Gasteiger partial charge in [-0.2, -0.15) is 0 Å². The van der Waals surface area contributed by atoms with E-state index in [9.17, 15) is 9.90 Å². The fourth-order valence-electron chi connectivity index (χ4n) is 4.56. The molecule has 3 fully saturated rings. The third-order valence-electron chi connectivity index (χ3n) is 6.05. The summed E-state index contributed by atoms with van der Waals surface area (Å²) < 4.78 is 5.66. The Morgan fingerprint density at radius 2 is 1.69 bits per heavy atom. The van der Waals surface area contributed by atoms with Crippen molar-refractivity contribution in [2.75, 3.05) is 50.8 Å². The molecule has 1 N–H and O–H groups in total. The zero-order chi connectivity index (χ0) is 17.9. The summed E-state index contributed by atoms with van der Waals surface area (Å²) in [6.45, 7) is 5.31. The zero-order valence-electron chi connectivity index (χ0n) is 15.3. The summed E-state index contributed by atoms with van der Waals surface area (Å²) in [6, 6.07) is 7.75. The number of anilines is 1. The minimum Gasteiger partial charge on any atom is -0.508 e. The number of hydrogen-bond acceptors (Lipinski definition) is 5. The smallest absolute Gasteiger partial charge is 0.242 e. The Labute approximate surface area is 155 Å². The van der Waals surface area contributed by atoms with Crippen molar-refractivity contribution in [2.24, 2.45) is 0 Å². The topological polar surface area (TPSA) is 56.2 Å². The van der Waals surface area contributed by atoms with Crippen LogP contribution in [0.5, 0.6) is 5.75 Å².